The lowest BCUT2D eigenvalue weighted by atomic mass is 10.0. The van der Waals surface area contributed by atoms with Crippen LogP contribution in [0.15, 0.2) is 103 Å². The lowest BCUT2D eigenvalue weighted by Crippen LogP contribution is -2.08. The summed E-state index contributed by atoms with van der Waals surface area (Å²) >= 11 is 0. The molecule has 0 aromatic heterocycles. The molecule has 0 N–H and O–H groups in total. The number of benzene rings is 4. The van der Waals surface area contributed by atoms with Gasteiger partial charge in [0.25, 0.3) is 0 Å². The second-order valence-electron chi connectivity index (χ2n) is 6.72. The third kappa shape index (κ3) is 4.02. The predicted molar refractivity (Wildman–Crippen MR) is 113 cm³/mol. The third-order valence-electron chi connectivity index (χ3n) is 4.68. The van der Waals surface area contributed by atoms with Crippen LogP contribution in [0.5, 0.6) is 5.75 Å². The molecule has 0 heterocycles. The molecule has 0 saturated heterocycles. The number of aryl methyl sites for hydroxylation is 1. The molecule has 4 rings (SSSR count). The van der Waals surface area contributed by atoms with Crippen LogP contribution in [0.3, 0.4) is 0 Å². The maximum absolute atomic E-state index is 12.4. The van der Waals surface area contributed by atoms with Crippen molar-refractivity contribution in [3.8, 4) is 28.0 Å². The van der Waals surface area contributed by atoms with Gasteiger partial charge in [0.2, 0.25) is 0 Å². The Hall–Kier alpha value is -3.65. The van der Waals surface area contributed by atoms with Gasteiger partial charge in [-0.15, -0.1) is 0 Å². The fourth-order valence-corrected chi connectivity index (χ4v) is 3.06. The lowest BCUT2D eigenvalue weighted by Gasteiger charge is -2.07. The summed E-state index contributed by atoms with van der Waals surface area (Å²) in [6.45, 7) is 2.06. The van der Waals surface area contributed by atoms with Crippen LogP contribution < -0.4 is 4.74 Å². The Labute approximate surface area is 165 Å². The van der Waals surface area contributed by atoms with E-state index in [0.29, 0.717) is 11.3 Å². The fraction of sp³-hybridized carbons (Fsp3) is 0.0385. The van der Waals surface area contributed by atoms with Gasteiger partial charge in [-0.3, -0.25) is 0 Å². The molecule has 0 atom stereocenters. The van der Waals surface area contributed by atoms with Crippen LogP contribution in [0.4, 0.5) is 0 Å². The van der Waals surface area contributed by atoms with E-state index in [-0.39, 0.29) is 5.97 Å². The molecule has 0 aliphatic rings. The molecule has 0 saturated carbocycles. The Kier molecular flexibility index (Phi) is 5.03. The molecule has 4 aromatic carbocycles. The van der Waals surface area contributed by atoms with E-state index in [2.05, 4.69) is 43.3 Å². The number of rotatable bonds is 4. The van der Waals surface area contributed by atoms with Gasteiger partial charge in [0.05, 0.1) is 5.56 Å². The molecule has 0 aliphatic carbocycles. The van der Waals surface area contributed by atoms with Crippen LogP contribution in [0.25, 0.3) is 22.3 Å². The third-order valence-corrected chi connectivity index (χ3v) is 4.68. The van der Waals surface area contributed by atoms with Crippen LogP contribution in [-0.4, -0.2) is 5.97 Å². The molecule has 0 radical (unpaired) electrons. The van der Waals surface area contributed by atoms with E-state index < -0.39 is 0 Å². The van der Waals surface area contributed by atoms with Gasteiger partial charge in [-0.25, -0.2) is 4.79 Å². The highest BCUT2D eigenvalue weighted by molar-refractivity contribution is 5.91. The average Bonchev–Trinajstić information content (AvgIpc) is 2.75. The largest absolute Gasteiger partial charge is 0.423 e. The minimum absolute atomic E-state index is 0.358. The topological polar surface area (TPSA) is 26.3 Å². The van der Waals surface area contributed by atoms with E-state index in [0.717, 1.165) is 22.3 Å². The Balaban J connectivity index is 1.45. The van der Waals surface area contributed by atoms with Crippen molar-refractivity contribution in [2.75, 3.05) is 0 Å². The first-order chi connectivity index (χ1) is 13.7. The monoisotopic (exact) mass is 364 g/mol. The number of esters is 1. The molecule has 0 aliphatic heterocycles. The lowest BCUT2D eigenvalue weighted by molar-refractivity contribution is 0.0735. The first-order valence-electron chi connectivity index (χ1n) is 9.24. The van der Waals surface area contributed by atoms with Crippen LogP contribution in [0.1, 0.15) is 15.9 Å². The van der Waals surface area contributed by atoms with Gasteiger partial charge >= 0.3 is 5.97 Å². The van der Waals surface area contributed by atoms with E-state index >= 15 is 0 Å². The first-order valence-corrected chi connectivity index (χ1v) is 9.24. The van der Waals surface area contributed by atoms with Crippen LogP contribution in [-0.2, 0) is 0 Å². The van der Waals surface area contributed by atoms with Crippen molar-refractivity contribution in [3.05, 3.63) is 114 Å². The Morgan fingerprint density at radius 1 is 0.571 bits per heavy atom. The normalized spacial score (nSPS) is 10.5. The van der Waals surface area contributed by atoms with Crippen molar-refractivity contribution < 1.29 is 9.53 Å². The summed E-state index contributed by atoms with van der Waals surface area (Å²) in [6, 6.07) is 33.5. The van der Waals surface area contributed by atoms with Gasteiger partial charge < -0.3 is 4.74 Å². The Morgan fingerprint density at radius 2 is 1.04 bits per heavy atom. The second-order valence-corrected chi connectivity index (χ2v) is 6.72. The molecule has 28 heavy (non-hydrogen) atoms. The number of carbonyl (C=O) groups is 1. The first kappa shape index (κ1) is 17.7. The van der Waals surface area contributed by atoms with E-state index in [9.17, 15) is 4.79 Å². The Morgan fingerprint density at radius 3 is 1.61 bits per heavy atom. The molecule has 2 heteroatoms. The fourth-order valence-electron chi connectivity index (χ4n) is 3.06. The maximum Gasteiger partial charge on any atom is 0.343 e. The van der Waals surface area contributed by atoms with Crippen molar-refractivity contribution in [2.45, 2.75) is 6.92 Å². The van der Waals surface area contributed by atoms with Gasteiger partial charge in [0, 0.05) is 0 Å². The minimum Gasteiger partial charge on any atom is -0.423 e. The second kappa shape index (κ2) is 7.93. The summed E-state index contributed by atoms with van der Waals surface area (Å²) in [5, 5.41) is 0. The predicted octanol–water partition coefficient (Wildman–Crippen LogP) is 6.55. The molecule has 4 aromatic rings. The van der Waals surface area contributed by atoms with Crippen molar-refractivity contribution >= 4 is 5.97 Å². The highest BCUT2D eigenvalue weighted by Crippen LogP contribution is 2.24. The Bertz CT molecular complexity index is 1060. The molecule has 0 spiro atoms. The molecule has 0 unspecified atom stereocenters. The quantitative estimate of drug-likeness (QED) is 0.303. The standard InChI is InChI=1S/C26H20O2/c1-19-7-9-21(10-8-19)22-11-13-24(14-12-22)26(27)28-25-17-15-23(16-18-25)20-5-3-2-4-6-20/h2-18H,1H3. The molecule has 136 valence electrons. The average molecular weight is 364 g/mol. The minimum atomic E-state index is -0.358. The van der Waals surface area contributed by atoms with E-state index in [1.807, 2.05) is 54.6 Å². The van der Waals surface area contributed by atoms with Crippen molar-refractivity contribution in [3.63, 3.8) is 0 Å². The van der Waals surface area contributed by atoms with Gasteiger partial charge in [-0.1, -0.05) is 84.4 Å². The highest BCUT2D eigenvalue weighted by atomic mass is 16.5. The molecular formula is C26H20O2. The zero-order valence-corrected chi connectivity index (χ0v) is 15.6. The highest BCUT2D eigenvalue weighted by Gasteiger charge is 2.09. The number of carbonyl (C=O) groups excluding carboxylic acids is 1. The summed E-state index contributed by atoms with van der Waals surface area (Å²) < 4.78 is 5.51. The maximum atomic E-state index is 12.4. The molecule has 0 bridgehead atoms. The number of hydrogen-bond acceptors (Lipinski definition) is 2. The van der Waals surface area contributed by atoms with Gasteiger partial charge in [-0.2, -0.15) is 0 Å². The number of ether oxygens (including phenoxy) is 1. The molecular weight excluding hydrogens is 344 g/mol. The summed E-state index contributed by atoms with van der Waals surface area (Å²) in [5.74, 6) is 0.176. The van der Waals surface area contributed by atoms with Crippen molar-refractivity contribution in [1.82, 2.24) is 0 Å². The van der Waals surface area contributed by atoms with E-state index in [1.54, 1.807) is 12.1 Å². The zero-order chi connectivity index (χ0) is 19.3. The zero-order valence-electron chi connectivity index (χ0n) is 15.6. The van der Waals surface area contributed by atoms with Crippen LogP contribution >= 0.6 is 0 Å². The van der Waals surface area contributed by atoms with Gasteiger partial charge in [0.1, 0.15) is 5.75 Å². The van der Waals surface area contributed by atoms with Crippen molar-refractivity contribution in [1.29, 1.82) is 0 Å². The van der Waals surface area contributed by atoms with Crippen LogP contribution in [0.2, 0.25) is 0 Å². The van der Waals surface area contributed by atoms with E-state index in [4.69, 9.17) is 4.74 Å². The smallest absolute Gasteiger partial charge is 0.343 e. The summed E-state index contributed by atoms with van der Waals surface area (Å²) in [7, 11) is 0. The van der Waals surface area contributed by atoms with Crippen LogP contribution in [0, 0.1) is 6.92 Å². The molecule has 0 amide bonds. The van der Waals surface area contributed by atoms with Crippen molar-refractivity contribution in [2.24, 2.45) is 0 Å². The SMILES string of the molecule is Cc1ccc(-c2ccc(C(=O)Oc3ccc(-c4ccccc4)cc3)cc2)cc1. The summed E-state index contributed by atoms with van der Waals surface area (Å²) in [4.78, 5) is 12.4. The van der Waals surface area contributed by atoms with Gasteiger partial charge in [-0.05, 0) is 53.4 Å². The molecule has 0 fully saturated rings. The van der Waals surface area contributed by atoms with E-state index in [1.165, 1.54) is 5.56 Å². The van der Waals surface area contributed by atoms with Gasteiger partial charge in [0.15, 0.2) is 0 Å². The number of hydrogen-bond donors (Lipinski definition) is 0. The summed E-state index contributed by atoms with van der Waals surface area (Å²) in [6.07, 6.45) is 0. The molecule has 2 nitrogen and oxygen atoms in total. The summed E-state index contributed by atoms with van der Waals surface area (Å²) in [5.41, 5.74) is 6.17.